The zero-order valence-corrected chi connectivity index (χ0v) is 18.3. The first-order valence-electron chi connectivity index (χ1n) is 9.97. The van der Waals surface area contributed by atoms with Gasteiger partial charge in [0.25, 0.3) is 5.91 Å². The van der Waals surface area contributed by atoms with E-state index >= 15 is 0 Å². The maximum atomic E-state index is 12.9. The maximum absolute atomic E-state index is 12.9. The molecule has 0 spiro atoms. The molecular formula is C24H23N5O3. The van der Waals surface area contributed by atoms with Crippen molar-refractivity contribution < 1.29 is 14.3 Å². The minimum absolute atomic E-state index is 0.307. The number of pyridine rings is 1. The van der Waals surface area contributed by atoms with Crippen molar-refractivity contribution in [3.63, 3.8) is 0 Å². The third-order valence-electron chi connectivity index (χ3n) is 5.05. The van der Waals surface area contributed by atoms with Gasteiger partial charge in [0.15, 0.2) is 11.5 Å². The van der Waals surface area contributed by atoms with Crippen LogP contribution in [0.5, 0.6) is 11.5 Å². The van der Waals surface area contributed by atoms with Crippen molar-refractivity contribution in [2.75, 3.05) is 14.2 Å². The van der Waals surface area contributed by atoms with Gasteiger partial charge in [-0.3, -0.25) is 14.9 Å². The number of hydrazone groups is 1. The number of aromatic nitrogens is 3. The molecule has 32 heavy (non-hydrogen) atoms. The molecule has 2 N–H and O–H groups in total. The molecule has 2 heterocycles. The summed E-state index contributed by atoms with van der Waals surface area (Å²) < 4.78 is 10.7. The number of fused-ring (bicyclic) bond motifs is 1. The van der Waals surface area contributed by atoms with Crippen LogP contribution in [0.25, 0.3) is 22.2 Å². The summed E-state index contributed by atoms with van der Waals surface area (Å²) in [5, 5.41) is 12.0. The van der Waals surface area contributed by atoms with E-state index in [9.17, 15) is 4.79 Å². The highest BCUT2D eigenvalue weighted by atomic mass is 16.5. The lowest BCUT2D eigenvalue weighted by molar-refractivity contribution is 0.0956. The number of nitrogens with zero attached hydrogens (tertiary/aromatic N) is 3. The van der Waals surface area contributed by atoms with E-state index in [1.165, 1.54) is 0 Å². The van der Waals surface area contributed by atoms with Crippen LogP contribution in [0.2, 0.25) is 0 Å². The molecular weight excluding hydrogens is 406 g/mol. The lowest BCUT2D eigenvalue weighted by Gasteiger charge is -2.09. The second-order valence-corrected chi connectivity index (χ2v) is 7.30. The highest BCUT2D eigenvalue weighted by molar-refractivity contribution is 6.06. The molecule has 8 heteroatoms. The van der Waals surface area contributed by atoms with E-state index in [4.69, 9.17) is 9.47 Å². The number of amides is 1. The van der Waals surface area contributed by atoms with Crippen LogP contribution in [-0.4, -0.2) is 41.5 Å². The SMILES string of the molecule is COc1ccc(-c2[nH]ncc2/C=N\NC(=O)c2cc(C)nc3ccc(C)cc23)cc1OC. The van der Waals surface area contributed by atoms with Gasteiger partial charge in [-0.1, -0.05) is 11.6 Å². The number of H-pyrrole nitrogens is 1. The number of ether oxygens (including phenoxy) is 2. The highest BCUT2D eigenvalue weighted by Gasteiger charge is 2.13. The highest BCUT2D eigenvalue weighted by Crippen LogP contribution is 2.32. The average Bonchev–Trinajstić information content (AvgIpc) is 3.26. The molecule has 0 bridgehead atoms. The normalized spacial score (nSPS) is 11.1. The van der Waals surface area contributed by atoms with Gasteiger partial charge in [-0.15, -0.1) is 0 Å². The Morgan fingerprint density at radius 3 is 2.66 bits per heavy atom. The molecule has 0 aliphatic heterocycles. The Bertz CT molecular complexity index is 1330. The molecule has 0 atom stereocenters. The van der Waals surface area contributed by atoms with Crippen LogP contribution in [0.15, 0.2) is 53.8 Å². The van der Waals surface area contributed by atoms with E-state index < -0.39 is 0 Å². The zero-order valence-electron chi connectivity index (χ0n) is 18.3. The molecule has 0 aliphatic carbocycles. The van der Waals surface area contributed by atoms with Crippen LogP contribution < -0.4 is 14.9 Å². The van der Waals surface area contributed by atoms with Gasteiger partial charge in [0.05, 0.1) is 43.4 Å². The summed E-state index contributed by atoms with van der Waals surface area (Å²) in [4.78, 5) is 17.4. The van der Waals surface area contributed by atoms with Crippen molar-refractivity contribution in [3.05, 3.63) is 71.0 Å². The van der Waals surface area contributed by atoms with E-state index in [2.05, 4.69) is 25.7 Å². The molecule has 0 saturated carbocycles. The van der Waals surface area contributed by atoms with Gasteiger partial charge in [-0.05, 0) is 50.2 Å². The first kappa shape index (κ1) is 21.0. The number of nitrogens with one attached hydrogen (secondary N) is 2. The summed E-state index contributed by atoms with van der Waals surface area (Å²) in [6.45, 7) is 3.84. The van der Waals surface area contributed by atoms with Crippen LogP contribution >= 0.6 is 0 Å². The van der Waals surface area contributed by atoms with Gasteiger partial charge >= 0.3 is 0 Å². The fourth-order valence-corrected chi connectivity index (χ4v) is 3.50. The second kappa shape index (κ2) is 8.89. The van der Waals surface area contributed by atoms with Crippen LogP contribution in [0.1, 0.15) is 27.2 Å². The quantitative estimate of drug-likeness (QED) is 0.356. The number of aromatic amines is 1. The van der Waals surface area contributed by atoms with Crippen LogP contribution in [-0.2, 0) is 0 Å². The van der Waals surface area contributed by atoms with Gasteiger partial charge in [0.1, 0.15) is 0 Å². The summed E-state index contributed by atoms with van der Waals surface area (Å²) >= 11 is 0. The van der Waals surface area contributed by atoms with Gasteiger partial charge in [-0.25, -0.2) is 5.43 Å². The molecule has 0 aliphatic rings. The predicted molar refractivity (Wildman–Crippen MR) is 123 cm³/mol. The molecule has 2 aromatic heterocycles. The summed E-state index contributed by atoms with van der Waals surface area (Å²) in [5.41, 5.74) is 8.03. The summed E-state index contributed by atoms with van der Waals surface area (Å²) in [6, 6.07) is 13.2. The average molecular weight is 429 g/mol. The lowest BCUT2D eigenvalue weighted by Crippen LogP contribution is -2.18. The Balaban J connectivity index is 1.58. The van der Waals surface area contributed by atoms with Gasteiger partial charge < -0.3 is 9.47 Å². The first-order chi connectivity index (χ1) is 15.5. The fourth-order valence-electron chi connectivity index (χ4n) is 3.50. The molecule has 0 saturated heterocycles. The van der Waals surface area contributed by atoms with Gasteiger partial charge in [0.2, 0.25) is 0 Å². The van der Waals surface area contributed by atoms with E-state index in [1.54, 1.807) is 32.7 Å². The number of rotatable bonds is 6. The van der Waals surface area contributed by atoms with Gasteiger partial charge in [0, 0.05) is 22.2 Å². The van der Waals surface area contributed by atoms with Crippen molar-refractivity contribution >= 4 is 23.0 Å². The van der Waals surface area contributed by atoms with Crippen LogP contribution in [0.4, 0.5) is 0 Å². The third-order valence-corrected chi connectivity index (χ3v) is 5.05. The van der Waals surface area contributed by atoms with E-state index in [0.29, 0.717) is 22.6 Å². The number of hydrogen-bond donors (Lipinski definition) is 2. The van der Waals surface area contributed by atoms with Crippen molar-refractivity contribution in [1.29, 1.82) is 0 Å². The molecule has 0 unspecified atom stereocenters. The monoisotopic (exact) mass is 429 g/mol. The Labute approximate surface area is 185 Å². The number of aryl methyl sites for hydroxylation is 2. The zero-order chi connectivity index (χ0) is 22.7. The maximum Gasteiger partial charge on any atom is 0.272 e. The molecule has 0 fully saturated rings. The van der Waals surface area contributed by atoms with Gasteiger partial charge in [-0.2, -0.15) is 10.2 Å². The van der Waals surface area contributed by atoms with Crippen molar-refractivity contribution in [2.45, 2.75) is 13.8 Å². The summed E-state index contributed by atoms with van der Waals surface area (Å²) in [5.74, 6) is 0.929. The van der Waals surface area contributed by atoms with E-state index in [1.807, 2.05) is 50.2 Å². The van der Waals surface area contributed by atoms with E-state index in [0.717, 1.165) is 33.4 Å². The lowest BCUT2D eigenvalue weighted by atomic mass is 10.0. The molecule has 2 aromatic carbocycles. The Morgan fingerprint density at radius 2 is 1.88 bits per heavy atom. The number of hydrogen-bond acceptors (Lipinski definition) is 6. The molecule has 4 rings (SSSR count). The van der Waals surface area contributed by atoms with Crippen molar-refractivity contribution in [3.8, 4) is 22.8 Å². The minimum atomic E-state index is -0.307. The predicted octanol–water partition coefficient (Wildman–Crippen LogP) is 4.02. The van der Waals surface area contributed by atoms with Crippen molar-refractivity contribution in [1.82, 2.24) is 20.6 Å². The van der Waals surface area contributed by atoms with Crippen molar-refractivity contribution in [2.24, 2.45) is 5.10 Å². The largest absolute Gasteiger partial charge is 0.493 e. The Hall–Kier alpha value is -4.20. The summed E-state index contributed by atoms with van der Waals surface area (Å²) in [6.07, 6.45) is 3.19. The first-order valence-corrected chi connectivity index (χ1v) is 9.97. The van der Waals surface area contributed by atoms with Crippen LogP contribution in [0.3, 0.4) is 0 Å². The third kappa shape index (κ3) is 4.15. The summed E-state index contributed by atoms with van der Waals surface area (Å²) in [7, 11) is 3.17. The molecule has 162 valence electrons. The second-order valence-electron chi connectivity index (χ2n) is 7.30. The smallest absolute Gasteiger partial charge is 0.272 e. The molecule has 4 aromatic rings. The molecule has 8 nitrogen and oxygen atoms in total. The molecule has 0 radical (unpaired) electrons. The number of carbonyl (C=O) groups excluding carboxylic acids is 1. The Morgan fingerprint density at radius 1 is 1.06 bits per heavy atom. The Kier molecular flexibility index (Phi) is 5.85. The topological polar surface area (TPSA) is 101 Å². The van der Waals surface area contributed by atoms with Crippen LogP contribution in [0, 0.1) is 13.8 Å². The fraction of sp³-hybridized carbons (Fsp3) is 0.167. The number of benzene rings is 2. The van der Waals surface area contributed by atoms with E-state index in [-0.39, 0.29) is 5.91 Å². The standard InChI is InChI=1S/C24H23N5O3/c1-14-5-7-20-18(9-14)19(10-15(2)27-20)24(30)29-26-13-17-12-25-28-23(17)16-6-8-21(31-3)22(11-16)32-4/h5-13H,1-4H3,(H,25,28)(H,29,30)/b26-13-. The molecule has 1 amide bonds. The number of carbonyl (C=O) groups is 1. The number of methoxy groups -OCH3 is 2. The minimum Gasteiger partial charge on any atom is -0.493 e.